The average Bonchev–Trinajstić information content (AvgIpc) is 3.30. The van der Waals surface area contributed by atoms with Crippen molar-refractivity contribution < 1.29 is 9.53 Å². The molecule has 0 saturated carbocycles. The van der Waals surface area contributed by atoms with Crippen LogP contribution >= 0.6 is 0 Å². The summed E-state index contributed by atoms with van der Waals surface area (Å²) in [6.45, 7) is 4.21. The van der Waals surface area contributed by atoms with Crippen LogP contribution in [0.4, 0.5) is 5.82 Å². The summed E-state index contributed by atoms with van der Waals surface area (Å²) < 4.78 is 7.85. The second kappa shape index (κ2) is 9.56. The minimum atomic E-state index is 0.106. The number of anilines is 1. The normalized spacial score (nSPS) is 17.0. The third kappa shape index (κ3) is 4.74. The van der Waals surface area contributed by atoms with Gasteiger partial charge in [0, 0.05) is 6.42 Å². The van der Waals surface area contributed by atoms with E-state index in [0.717, 1.165) is 29.3 Å². The lowest BCUT2D eigenvalue weighted by Gasteiger charge is -2.31. The van der Waals surface area contributed by atoms with Crippen molar-refractivity contribution in [2.45, 2.75) is 45.2 Å². The number of ketones is 1. The molecular weight excluding hydrogens is 422 g/mol. The summed E-state index contributed by atoms with van der Waals surface area (Å²) in [5, 5.41) is 8.08. The quantitative estimate of drug-likeness (QED) is 0.310. The number of nitrogens with zero attached hydrogens (tertiary/aromatic N) is 2. The summed E-state index contributed by atoms with van der Waals surface area (Å²) in [7, 11) is 0. The molecule has 0 radical (unpaired) electrons. The standard InChI is InChI=1S/C29H29N3O2/c1-20-8-13-24(14-9-20)34-25-15-10-22(11-16-25)12-17-28(33)26-19-30-32-21(2)18-27(31-29(26)32)23-6-4-3-5-7-23/h3-11,13-16,19,21,27,31H,12,17-18H2,1-2H3. The van der Waals surface area contributed by atoms with Gasteiger partial charge < -0.3 is 10.1 Å². The minimum absolute atomic E-state index is 0.106. The van der Waals surface area contributed by atoms with Crippen molar-refractivity contribution in [2.24, 2.45) is 0 Å². The van der Waals surface area contributed by atoms with Crippen LogP contribution in [0.2, 0.25) is 0 Å². The second-order valence-corrected chi connectivity index (χ2v) is 9.03. The molecule has 0 amide bonds. The summed E-state index contributed by atoms with van der Waals surface area (Å²) in [5.41, 5.74) is 4.21. The van der Waals surface area contributed by atoms with Crippen LogP contribution in [0.25, 0.3) is 0 Å². The number of hydrogen-bond acceptors (Lipinski definition) is 4. The lowest BCUT2D eigenvalue weighted by molar-refractivity contribution is 0.0983. The van der Waals surface area contributed by atoms with Crippen LogP contribution in [0.15, 0.2) is 85.1 Å². The van der Waals surface area contributed by atoms with Gasteiger partial charge >= 0.3 is 0 Å². The maximum atomic E-state index is 13.1. The van der Waals surface area contributed by atoms with Crippen LogP contribution in [0.1, 0.15) is 58.9 Å². The summed E-state index contributed by atoms with van der Waals surface area (Å²) in [6, 6.07) is 26.7. The Morgan fingerprint density at radius 3 is 2.38 bits per heavy atom. The van der Waals surface area contributed by atoms with Crippen molar-refractivity contribution in [1.82, 2.24) is 9.78 Å². The Bertz CT molecular complexity index is 1260. The number of hydrogen-bond donors (Lipinski definition) is 1. The number of ether oxygens (including phenoxy) is 1. The van der Waals surface area contributed by atoms with Crippen molar-refractivity contribution in [3.63, 3.8) is 0 Å². The zero-order valence-electron chi connectivity index (χ0n) is 19.6. The van der Waals surface area contributed by atoms with Gasteiger partial charge in [-0.25, -0.2) is 4.68 Å². The fraction of sp³-hybridized carbons (Fsp3) is 0.241. The first-order chi connectivity index (χ1) is 16.6. The van der Waals surface area contributed by atoms with Gasteiger partial charge in [0.1, 0.15) is 17.3 Å². The maximum Gasteiger partial charge on any atom is 0.168 e. The van der Waals surface area contributed by atoms with Crippen molar-refractivity contribution in [1.29, 1.82) is 0 Å². The summed E-state index contributed by atoms with van der Waals surface area (Å²) >= 11 is 0. The van der Waals surface area contributed by atoms with E-state index in [2.05, 4.69) is 48.5 Å². The number of aryl methyl sites for hydroxylation is 2. The predicted molar refractivity (Wildman–Crippen MR) is 135 cm³/mol. The van der Waals surface area contributed by atoms with Gasteiger partial charge in [-0.2, -0.15) is 5.10 Å². The Kier molecular flexibility index (Phi) is 6.17. The Hall–Kier alpha value is -3.86. The number of rotatable bonds is 7. The molecule has 3 aromatic carbocycles. The predicted octanol–water partition coefficient (Wildman–Crippen LogP) is 6.92. The number of carbonyl (C=O) groups excluding carboxylic acids is 1. The number of nitrogens with one attached hydrogen (secondary N) is 1. The molecule has 0 fully saturated rings. The first kappa shape index (κ1) is 22.0. The molecule has 2 atom stereocenters. The molecule has 1 aliphatic rings. The van der Waals surface area contributed by atoms with Crippen LogP contribution in [0.3, 0.4) is 0 Å². The molecule has 5 nitrogen and oxygen atoms in total. The van der Waals surface area contributed by atoms with Gasteiger partial charge in [0.25, 0.3) is 0 Å². The molecule has 5 heteroatoms. The number of carbonyl (C=O) groups is 1. The monoisotopic (exact) mass is 451 g/mol. The van der Waals surface area contributed by atoms with Gasteiger partial charge in [-0.05, 0) is 62.1 Å². The lowest BCUT2D eigenvalue weighted by atomic mass is 9.97. The molecule has 2 heterocycles. The minimum Gasteiger partial charge on any atom is -0.457 e. The van der Waals surface area contributed by atoms with Gasteiger partial charge in [-0.1, -0.05) is 60.2 Å². The van der Waals surface area contributed by atoms with Gasteiger partial charge in [-0.15, -0.1) is 0 Å². The lowest BCUT2D eigenvalue weighted by Crippen LogP contribution is -2.26. The first-order valence-corrected chi connectivity index (χ1v) is 11.8. The van der Waals surface area contributed by atoms with Gasteiger partial charge in [0.2, 0.25) is 0 Å². The highest BCUT2D eigenvalue weighted by atomic mass is 16.5. The zero-order chi connectivity index (χ0) is 23.5. The van der Waals surface area contributed by atoms with E-state index >= 15 is 0 Å². The summed E-state index contributed by atoms with van der Waals surface area (Å²) in [6.07, 6.45) is 3.76. The number of fused-ring (bicyclic) bond motifs is 1. The van der Waals surface area contributed by atoms with Crippen molar-refractivity contribution >= 4 is 11.6 Å². The van der Waals surface area contributed by atoms with Crippen LogP contribution < -0.4 is 10.1 Å². The van der Waals surface area contributed by atoms with Gasteiger partial charge in [-0.3, -0.25) is 4.79 Å². The average molecular weight is 452 g/mol. The molecule has 34 heavy (non-hydrogen) atoms. The first-order valence-electron chi connectivity index (χ1n) is 11.8. The number of Topliss-reactive ketones (excluding diaryl/α,β-unsaturated/α-hetero) is 1. The van der Waals surface area contributed by atoms with E-state index in [1.165, 1.54) is 11.1 Å². The molecule has 1 aromatic heterocycles. The highest BCUT2D eigenvalue weighted by molar-refractivity contribution is 6.00. The molecule has 1 N–H and O–H groups in total. The topological polar surface area (TPSA) is 56.1 Å². The summed E-state index contributed by atoms with van der Waals surface area (Å²) in [5.74, 6) is 2.54. The maximum absolute atomic E-state index is 13.1. The zero-order valence-corrected chi connectivity index (χ0v) is 19.6. The highest BCUT2D eigenvalue weighted by Gasteiger charge is 2.29. The molecule has 0 bridgehead atoms. The SMILES string of the molecule is Cc1ccc(Oc2ccc(CCC(=O)c3cnn4c3NC(c3ccccc3)CC4C)cc2)cc1. The summed E-state index contributed by atoms with van der Waals surface area (Å²) in [4.78, 5) is 13.1. The third-order valence-electron chi connectivity index (χ3n) is 6.42. The van der Waals surface area contributed by atoms with Gasteiger partial charge in [0.15, 0.2) is 5.78 Å². The largest absolute Gasteiger partial charge is 0.457 e. The molecule has 0 saturated heterocycles. The van der Waals surface area contributed by atoms with E-state index in [0.29, 0.717) is 18.4 Å². The van der Waals surface area contributed by atoms with E-state index in [1.807, 2.05) is 59.3 Å². The second-order valence-electron chi connectivity index (χ2n) is 9.03. The van der Waals surface area contributed by atoms with E-state index in [9.17, 15) is 4.79 Å². The van der Waals surface area contributed by atoms with E-state index < -0.39 is 0 Å². The fourth-order valence-electron chi connectivity index (χ4n) is 4.47. The Balaban J connectivity index is 1.23. The molecule has 0 spiro atoms. The fourth-order valence-corrected chi connectivity index (χ4v) is 4.47. The molecule has 5 rings (SSSR count). The van der Waals surface area contributed by atoms with Crippen LogP contribution in [0.5, 0.6) is 11.5 Å². The van der Waals surface area contributed by atoms with E-state index in [4.69, 9.17) is 4.74 Å². The molecule has 4 aromatic rings. The van der Waals surface area contributed by atoms with Crippen LogP contribution in [-0.2, 0) is 6.42 Å². The molecule has 172 valence electrons. The Morgan fingerprint density at radius 2 is 1.68 bits per heavy atom. The molecule has 0 aliphatic carbocycles. The number of benzene rings is 3. The van der Waals surface area contributed by atoms with Crippen LogP contribution in [0, 0.1) is 6.92 Å². The number of aromatic nitrogens is 2. The Morgan fingerprint density at radius 1 is 1.00 bits per heavy atom. The molecule has 2 unspecified atom stereocenters. The third-order valence-corrected chi connectivity index (χ3v) is 6.42. The smallest absolute Gasteiger partial charge is 0.168 e. The van der Waals surface area contributed by atoms with Crippen molar-refractivity contribution in [2.75, 3.05) is 5.32 Å². The molecular formula is C29H29N3O2. The Labute approximate surface area is 200 Å². The van der Waals surface area contributed by atoms with Gasteiger partial charge in [0.05, 0.1) is 23.8 Å². The van der Waals surface area contributed by atoms with Crippen molar-refractivity contribution in [3.8, 4) is 11.5 Å². The van der Waals surface area contributed by atoms with Crippen molar-refractivity contribution in [3.05, 3.63) is 107 Å². The van der Waals surface area contributed by atoms with E-state index in [1.54, 1.807) is 6.20 Å². The van der Waals surface area contributed by atoms with E-state index in [-0.39, 0.29) is 17.9 Å². The van der Waals surface area contributed by atoms with Crippen LogP contribution in [-0.4, -0.2) is 15.6 Å². The molecule has 1 aliphatic heterocycles. The highest BCUT2D eigenvalue weighted by Crippen LogP contribution is 2.36.